The molecule has 36 heavy (non-hydrogen) atoms. The Hall–Kier alpha value is -4.53. The number of rotatable bonds is 8. The zero-order valence-electron chi connectivity index (χ0n) is 20.3. The maximum Gasteiger partial charge on any atom is 0.357 e. The SMILES string of the molecule is CC(C)Cn1c(/C=C/c2cnn(-c3ccccc3)c2)c([N+](=O)[O-])c(=O)n(C(C)c2ccccc2)c1=O. The van der Waals surface area contributed by atoms with Gasteiger partial charge >= 0.3 is 16.9 Å². The Kier molecular flexibility index (Phi) is 7.10. The minimum atomic E-state index is -0.930. The van der Waals surface area contributed by atoms with Crippen LogP contribution in [0, 0.1) is 16.0 Å². The Morgan fingerprint density at radius 1 is 0.972 bits per heavy atom. The molecule has 0 aliphatic heterocycles. The monoisotopic (exact) mass is 485 g/mol. The Morgan fingerprint density at radius 2 is 1.61 bits per heavy atom. The fraction of sp³-hybridized carbons (Fsp3) is 0.222. The van der Waals surface area contributed by atoms with Gasteiger partial charge in [0, 0.05) is 18.3 Å². The predicted molar refractivity (Wildman–Crippen MR) is 139 cm³/mol. The van der Waals surface area contributed by atoms with Gasteiger partial charge in [0.25, 0.3) is 0 Å². The number of nitro groups is 1. The third kappa shape index (κ3) is 4.95. The molecule has 184 valence electrons. The quantitative estimate of drug-likeness (QED) is 0.269. The number of hydrogen-bond acceptors (Lipinski definition) is 5. The first-order valence-corrected chi connectivity index (χ1v) is 11.6. The van der Waals surface area contributed by atoms with Gasteiger partial charge in [-0.2, -0.15) is 5.10 Å². The molecule has 9 heteroatoms. The summed E-state index contributed by atoms with van der Waals surface area (Å²) >= 11 is 0. The smallest absolute Gasteiger partial charge is 0.287 e. The minimum absolute atomic E-state index is 0.00766. The molecule has 0 radical (unpaired) electrons. The molecule has 2 heterocycles. The van der Waals surface area contributed by atoms with Gasteiger partial charge in [-0.15, -0.1) is 0 Å². The summed E-state index contributed by atoms with van der Waals surface area (Å²) in [6, 6.07) is 17.8. The van der Waals surface area contributed by atoms with E-state index in [1.807, 2.05) is 50.2 Å². The van der Waals surface area contributed by atoms with Crippen LogP contribution in [-0.2, 0) is 6.54 Å². The molecule has 4 rings (SSSR count). The molecule has 0 aliphatic carbocycles. The van der Waals surface area contributed by atoms with Crippen molar-refractivity contribution in [2.24, 2.45) is 5.92 Å². The normalized spacial score (nSPS) is 12.3. The maximum atomic E-state index is 13.6. The predicted octanol–water partition coefficient (Wildman–Crippen LogP) is 4.54. The van der Waals surface area contributed by atoms with Crippen molar-refractivity contribution < 1.29 is 4.92 Å². The van der Waals surface area contributed by atoms with E-state index in [1.165, 1.54) is 10.6 Å². The molecule has 0 fully saturated rings. The van der Waals surface area contributed by atoms with E-state index in [-0.39, 0.29) is 18.2 Å². The molecule has 0 saturated heterocycles. The Bertz CT molecular complexity index is 1520. The second-order valence-electron chi connectivity index (χ2n) is 8.93. The highest BCUT2D eigenvalue weighted by Gasteiger charge is 2.29. The summed E-state index contributed by atoms with van der Waals surface area (Å²) in [4.78, 5) is 38.4. The molecule has 2 aromatic carbocycles. The average Bonchev–Trinajstić information content (AvgIpc) is 3.34. The third-order valence-corrected chi connectivity index (χ3v) is 5.85. The van der Waals surface area contributed by atoms with Crippen molar-refractivity contribution in [3.63, 3.8) is 0 Å². The Balaban J connectivity index is 1.86. The number of benzene rings is 2. The van der Waals surface area contributed by atoms with Gasteiger partial charge in [-0.3, -0.25) is 19.5 Å². The highest BCUT2D eigenvalue weighted by atomic mass is 16.6. The topological polar surface area (TPSA) is 105 Å². The molecule has 0 spiro atoms. The van der Waals surface area contributed by atoms with Gasteiger partial charge in [0.05, 0.1) is 22.8 Å². The van der Waals surface area contributed by atoms with Crippen LogP contribution < -0.4 is 11.2 Å². The van der Waals surface area contributed by atoms with Crippen molar-refractivity contribution in [2.75, 3.05) is 0 Å². The molecule has 0 saturated carbocycles. The molecule has 0 bridgehead atoms. The summed E-state index contributed by atoms with van der Waals surface area (Å²) < 4.78 is 3.97. The van der Waals surface area contributed by atoms with Crippen molar-refractivity contribution in [1.29, 1.82) is 0 Å². The van der Waals surface area contributed by atoms with Crippen LogP contribution in [0.2, 0.25) is 0 Å². The lowest BCUT2D eigenvalue weighted by atomic mass is 10.1. The lowest BCUT2D eigenvalue weighted by Crippen LogP contribution is -2.44. The van der Waals surface area contributed by atoms with Gasteiger partial charge in [0.1, 0.15) is 5.69 Å². The average molecular weight is 486 g/mol. The Labute approximate surface area is 207 Å². The van der Waals surface area contributed by atoms with Crippen LogP contribution in [0.15, 0.2) is 82.6 Å². The molecule has 0 N–H and O–H groups in total. The van der Waals surface area contributed by atoms with E-state index >= 15 is 0 Å². The molecular weight excluding hydrogens is 458 g/mol. The van der Waals surface area contributed by atoms with E-state index in [0.29, 0.717) is 11.1 Å². The van der Waals surface area contributed by atoms with E-state index < -0.39 is 27.9 Å². The van der Waals surface area contributed by atoms with Crippen LogP contribution in [0.4, 0.5) is 5.69 Å². The third-order valence-electron chi connectivity index (χ3n) is 5.85. The molecule has 4 aromatic rings. The summed E-state index contributed by atoms with van der Waals surface area (Å²) in [5.41, 5.74) is 0.0447. The maximum absolute atomic E-state index is 13.6. The standard InChI is InChI=1S/C27H27N5O4/c1-19(2)17-29-24(15-14-21-16-28-30(18-21)23-12-8-5-9-13-23)25(32(35)36)26(33)31(27(29)34)20(3)22-10-6-4-7-11-22/h4-16,18-20H,17H2,1-3H3/b15-14+. The van der Waals surface area contributed by atoms with Crippen LogP contribution in [0.5, 0.6) is 0 Å². The van der Waals surface area contributed by atoms with Crippen LogP contribution in [-0.4, -0.2) is 23.8 Å². The van der Waals surface area contributed by atoms with Gasteiger partial charge in [0.15, 0.2) is 0 Å². The van der Waals surface area contributed by atoms with E-state index in [0.717, 1.165) is 10.3 Å². The highest BCUT2D eigenvalue weighted by molar-refractivity contribution is 5.71. The fourth-order valence-electron chi connectivity index (χ4n) is 4.10. The van der Waals surface area contributed by atoms with Gasteiger partial charge in [-0.05, 0) is 42.7 Å². The Morgan fingerprint density at radius 3 is 2.22 bits per heavy atom. The highest BCUT2D eigenvalue weighted by Crippen LogP contribution is 2.21. The molecule has 0 amide bonds. The van der Waals surface area contributed by atoms with Crippen molar-refractivity contribution in [1.82, 2.24) is 18.9 Å². The van der Waals surface area contributed by atoms with Gasteiger partial charge in [-0.25, -0.2) is 14.0 Å². The summed E-state index contributed by atoms with van der Waals surface area (Å²) in [5.74, 6) is 0.00766. The van der Waals surface area contributed by atoms with E-state index in [2.05, 4.69) is 5.10 Å². The molecule has 0 aliphatic rings. The molecule has 9 nitrogen and oxygen atoms in total. The summed E-state index contributed by atoms with van der Waals surface area (Å²) in [6.07, 6.45) is 6.45. The first-order chi connectivity index (χ1) is 17.3. The van der Waals surface area contributed by atoms with Gasteiger partial charge < -0.3 is 0 Å². The summed E-state index contributed by atoms with van der Waals surface area (Å²) in [7, 11) is 0. The minimum Gasteiger partial charge on any atom is -0.287 e. The molecule has 1 unspecified atom stereocenters. The number of nitrogens with zero attached hydrogens (tertiary/aromatic N) is 5. The number of hydrogen-bond donors (Lipinski definition) is 0. The first kappa shape index (κ1) is 24.6. The van der Waals surface area contributed by atoms with Crippen LogP contribution in [0.1, 0.15) is 43.6 Å². The van der Waals surface area contributed by atoms with Gasteiger partial charge in [-0.1, -0.05) is 62.4 Å². The second kappa shape index (κ2) is 10.4. The molecule has 2 aromatic heterocycles. The lowest BCUT2D eigenvalue weighted by Gasteiger charge is -2.19. The second-order valence-corrected chi connectivity index (χ2v) is 8.93. The lowest BCUT2D eigenvalue weighted by molar-refractivity contribution is -0.387. The first-order valence-electron chi connectivity index (χ1n) is 11.6. The van der Waals surface area contributed by atoms with E-state index in [1.54, 1.807) is 54.3 Å². The molecular formula is C27H27N5O4. The van der Waals surface area contributed by atoms with Crippen molar-refractivity contribution in [3.8, 4) is 5.69 Å². The zero-order valence-corrected chi connectivity index (χ0v) is 20.3. The summed E-state index contributed by atoms with van der Waals surface area (Å²) in [6.45, 7) is 5.72. The van der Waals surface area contributed by atoms with Crippen LogP contribution in [0.3, 0.4) is 0 Å². The number of para-hydroxylation sites is 1. The van der Waals surface area contributed by atoms with Crippen molar-refractivity contribution in [2.45, 2.75) is 33.4 Å². The van der Waals surface area contributed by atoms with E-state index in [9.17, 15) is 19.7 Å². The van der Waals surface area contributed by atoms with Crippen LogP contribution in [0.25, 0.3) is 17.8 Å². The van der Waals surface area contributed by atoms with Crippen molar-refractivity contribution in [3.05, 3.63) is 121 Å². The van der Waals surface area contributed by atoms with Gasteiger partial charge in [0.2, 0.25) is 0 Å². The largest absolute Gasteiger partial charge is 0.357 e. The zero-order chi connectivity index (χ0) is 25.8. The molecule has 1 atom stereocenters. The number of aromatic nitrogens is 4. The fourth-order valence-corrected chi connectivity index (χ4v) is 4.10. The van der Waals surface area contributed by atoms with Crippen molar-refractivity contribution >= 4 is 17.8 Å². The van der Waals surface area contributed by atoms with E-state index in [4.69, 9.17) is 0 Å². The van der Waals surface area contributed by atoms with Crippen LogP contribution >= 0.6 is 0 Å². The summed E-state index contributed by atoms with van der Waals surface area (Å²) in [5, 5.41) is 16.5.